The Morgan fingerprint density at radius 2 is 2.16 bits per heavy atom. The van der Waals surface area contributed by atoms with E-state index in [0.29, 0.717) is 19.3 Å². The van der Waals surface area contributed by atoms with E-state index < -0.39 is 0 Å². The van der Waals surface area contributed by atoms with E-state index in [0.717, 1.165) is 18.7 Å². The molecule has 2 fully saturated rings. The van der Waals surface area contributed by atoms with E-state index in [1.807, 2.05) is 12.1 Å². The molecule has 1 saturated carbocycles. The van der Waals surface area contributed by atoms with Gasteiger partial charge in [0.05, 0.1) is 19.2 Å². The molecule has 3 aliphatic rings. The fourth-order valence-electron chi connectivity index (χ4n) is 3.76. The summed E-state index contributed by atoms with van der Waals surface area (Å²) in [7, 11) is 1.68. The monoisotopic (exact) mass is 344 g/mol. The van der Waals surface area contributed by atoms with E-state index in [1.165, 1.54) is 24.7 Å². The number of ether oxygens (including phenoxy) is 3. The molecule has 1 aromatic rings. The highest BCUT2D eigenvalue weighted by atomic mass is 16.6. The maximum absolute atomic E-state index is 12.5. The summed E-state index contributed by atoms with van der Waals surface area (Å²) in [5.74, 6) is 0.910. The Bertz CT molecular complexity index is 671. The molecule has 6 heteroatoms. The van der Waals surface area contributed by atoms with Gasteiger partial charge in [0.15, 0.2) is 0 Å². The number of carbonyl (C=O) groups excluding carboxylic acids is 1. The first-order valence-corrected chi connectivity index (χ1v) is 8.91. The smallest absolute Gasteiger partial charge is 0.289 e. The Balaban J connectivity index is 1.55. The maximum atomic E-state index is 12.5. The van der Waals surface area contributed by atoms with Crippen LogP contribution in [0.1, 0.15) is 30.9 Å². The average Bonchev–Trinajstić information content (AvgIpc) is 3.43. The second-order valence-electron chi connectivity index (χ2n) is 6.76. The number of benzene rings is 1. The summed E-state index contributed by atoms with van der Waals surface area (Å²) in [5.41, 5.74) is 1.18. The van der Waals surface area contributed by atoms with Crippen LogP contribution in [0.3, 0.4) is 0 Å². The Kier molecular flexibility index (Phi) is 4.53. The Morgan fingerprint density at radius 3 is 2.88 bits per heavy atom. The highest BCUT2D eigenvalue weighted by Gasteiger charge is 2.43. The number of amides is 1. The topological polar surface area (TPSA) is 60.0 Å². The number of likely N-dealkylation sites (tertiary alicyclic amines) is 1. The molecule has 25 heavy (non-hydrogen) atoms. The summed E-state index contributed by atoms with van der Waals surface area (Å²) < 4.78 is 16.0. The molecule has 1 amide bonds. The minimum Gasteiger partial charge on any atom is -0.497 e. The number of methoxy groups -OCH3 is 1. The zero-order chi connectivity index (χ0) is 17.2. The lowest BCUT2D eigenvalue weighted by Crippen LogP contribution is -2.41. The lowest BCUT2D eigenvalue weighted by molar-refractivity contribution is -0.123. The van der Waals surface area contributed by atoms with Crippen molar-refractivity contribution < 1.29 is 19.0 Å². The van der Waals surface area contributed by atoms with Gasteiger partial charge < -0.3 is 19.5 Å². The van der Waals surface area contributed by atoms with Crippen molar-refractivity contribution in [3.63, 3.8) is 0 Å². The summed E-state index contributed by atoms with van der Waals surface area (Å²) in [5, 5.41) is 3.15. The number of hydrogen-bond acceptors (Lipinski definition) is 5. The van der Waals surface area contributed by atoms with Crippen molar-refractivity contribution in [2.75, 3.05) is 26.9 Å². The predicted octanol–water partition coefficient (Wildman–Crippen LogP) is 1.98. The zero-order valence-corrected chi connectivity index (χ0v) is 14.4. The van der Waals surface area contributed by atoms with Crippen molar-refractivity contribution in [3.05, 3.63) is 41.9 Å². The van der Waals surface area contributed by atoms with Crippen LogP contribution in [0.15, 0.2) is 36.3 Å². The van der Waals surface area contributed by atoms with Crippen LogP contribution >= 0.6 is 0 Å². The molecule has 6 nitrogen and oxygen atoms in total. The molecule has 2 atom stereocenters. The second-order valence-corrected chi connectivity index (χ2v) is 6.76. The van der Waals surface area contributed by atoms with Crippen LogP contribution in [0.2, 0.25) is 0 Å². The molecule has 1 saturated heterocycles. The molecular formula is C19H24N2O4. The molecule has 0 bridgehead atoms. The Labute approximate surface area is 147 Å². The van der Waals surface area contributed by atoms with Gasteiger partial charge in [-0.15, -0.1) is 0 Å². The number of rotatable bonds is 5. The van der Waals surface area contributed by atoms with E-state index >= 15 is 0 Å². The van der Waals surface area contributed by atoms with Crippen LogP contribution < -0.4 is 10.1 Å². The van der Waals surface area contributed by atoms with Gasteiger partial charge in [-0.3, -0.25) is 9.69 Å². The number of nitrogens with one attached hydrogen (secondary N) is 1. The van der Waals surface area contributed by atoms with E-state index in [-0.39, 0.29) is 23.8 Å². The van der Waals surface area contributed by atoms with Gasteiger partial charge in [0.1, 0.15) is 25.2 Å². The first-order chi connectivity index (χ1) is 12.3. The SMILES string of the molecule is COc1cccc([C@@H]2[C@@H](NC(=O)C3=COCCO3)CCN2C2CC2)c1. The highest BCUT2D eigenvalue weighted by Crippen LogP contribution is 2.41. The lowest BCUT2D eigenvalue weighted by Gasteiger charge is -2.29. The molecule has 4 rings (SSSR count). The van der Waals surface area contributed by atoms with E-state index in [1.54, 1.807) is 7.11 Å². The third-order valence-electron chi connectivity index (χ3n) is 5.08. The van der Waals surface area contributed by atoms with Gasteiger partial charge in [0.2, 0.25) is 5.76 Å². The van der Waals surface area contributed by atoms with Gasteiger partial charge in [-0.05, 0) is 37.0 Å². The number of carbonyl (C=O) groups is 1. The lowest BCUT2D eigenvalue weighted by atomic mass is 9.99. The van der Waals surface area contributed by atoms with Gasteiger partial charge in [-0.1, -0.05) is 12.1 Å². The molecule has 0 unspecified atom stereocenters. The normalized spacial score (nSPS) is 26.4. The molecule has 2 aliphatic heterocycles. The van der Waals surface area contributed by atoms with Crippen molar-refractivity contribution in [2.24, 2.45) is 0 Å². The third-order valence-corrected chi connectivity index (χ3v) is 5.08. The van der Waals surface area contributed by atoms with Crippen LogP contribution in [0.4, 0.5) is 0 Å². The van der Waals surface area contributed by atoms with Gasteiger partial charge in [-0.25, -0.2) is 0 Å². The van der Waals surface area contributed by atoms with E-state index in [4.69, 9.17) is 14.2 Å². The summed E-state index contributed by atoms with van der Waals surface area (Å²) in [6, 6.07) is 8.99. The molecular weight excluding hydrogens is 320 g/mol. The van der Waals surface area contributed by atoms with E-state index in [9.17, 15) is 4.79 Å². The number of nitrogens with zero attached hydrogens (tertiary/aromatic N) is 1. The van der Waals surface area contributed by atoms with Crippen LogP contribution in [0.5, 0.6) is 5.75 Å². The molecule has 0 aromatic heterocycles. The van der Waals surface area contributed by atoms with Crippen LogP contribution in [0, 0.1) is 0 Å². The second kappa shape index (κ2) is 6.96. The number of hydrogen-bond donors (Lipinski definition) is 1. The van der Waals surface area contributed by atoms with Gasteiger partial charge in [-0.2, -0.15) is 0 Å². The fourth-order valence-corrected chi connectivity index (χ4v) is 3.76. The van der Waals surface area contributed by atoms with Crippen molar-refractivity contribution in [2.45, 2.75) is 37.4 Å². The Hall–Kier alpha value is -2.21. The van der Waals surface area contributed by atoms with Crippen LogP contribution in [-0.4, -0.2) is 49.8 Å². The largest absolute Gasteiger partial charge is 0.497 e. The van der Waals surface area contributed by atoms with Gasteiger partial charge >= 0.3 is 0 Å². The van der Waals surface area contributed by atoms with Crippen molar-refractivity contribution in [1.29, 1.82) is 0 Å². The zero-order valence-electron chi connectivity index (χ0n) is 14.4. The van der Waals surface area contributed by atoms with E-state index in [2.05, 4.69) is 22.3 Å². The summed E-state index contributed by atoms with van der Waals surface area (Å²) in [6.07, 6.45) is 4.82. The van der Waals surface area contributed by atoms with Gasteiger partial charge in [0, 0.05) is 12.6 Å². The molecule has 2 heterocycles. The average molecular weight is 344 g/mol. The standard InChI is InChI=1S/C19H24N2O4/c1-23-15-4-2-3-13(11-15)18-16(7-8-21(18)14-5-6-14)20-19(22)17-12-24-9-10-25-17/h2-4,11-12,14,16,18H,5-10H2,1H3,(H,20,22)/t16-,18+/m0/s1. The molecule has 1 aromatic carbocycles. The summed E-state index contributed by atoms with van der Waals surface area (Å²) in [6.45, 7) is 1.90. The quantitative estimate of drug-likeness (QED) is 0.885. The van der Waals surface area contributed by atoms with Crippen molar-refractivity contribution in [3.8, 4) is 5.75 Å². The van der Waals surface area contributed by atoms with Crippen molar-refractivity contribution >= 4 is 5.91 Å². The van der Waals surface area contributed by atoms with Crippen LogP contribution in [-0.2, 0) is 14.3 Å². The summed E-state index contributed by atoms with van der Waals surface area (Å²) >= 11 is 0. The Morgan fingerprint density at radius 1 is 1.28 bits per heavy atom. The molecule has 134 valence electrons. The molecule has 0 spiro atoms. The maximum Gasteiger partial charge on any atom is 0.289 e. The first-order valence-electron chi connectivity index (χ1n) is 8.91. The summed E-state index contributed by atoms with van der Waals surface area (Å²) in [4.78, 5) is 15.0. The minimum atomic E-state index is -0.199. The molecule has 1 N–H and O–H groups in total. The van der Waals surface area contributed by atoms with Crippen molar-refractivity contribution in [1.82, 2.24) is 10.2 Å². The van der Waals surface area contributed by atoms with Gasteiger partial charge in [0.25, 0.3) is 5.91 Å². The molecule has 0 radical (unpaired) electrons. The fraction of sp³-hybridized carbons (Fsp3) is 0.526. The highest BCUT2D eigenvalue weighted by molar-refractivity contribution is 5.91. The first kappa shape index (κ1) is 16.3. The minimum absolute atomic E-state index is 0.0478. The van der Waals surface area contributed by atoms with Crippen LogP contribution in [0.25, 0.3) is 0 Å². The third kappa shape index (κ3) is 3.44. The molecule has 1 aliphatic carbocycles. The predicted molar refractivity (Wildman–Crippen MR) is 92.0 cm³/mol.